The molecule has 1 N–H and O–H groups in total. The van der Waals surface area contributed by atoms with E-state index >= 15 is 0 Å². The van der Waals surface area contributed by atoms with Gasteiger partial charge in [-0.3, -0.25) is 0 Å². The van der Waals surface area contributed by atoms with Crippen LogP contribution in [0.2, 0.25) is 0 Å². The minimum atomic E-state index is -0.423. The Morgan fingerprint density at radius 1 is 1.05 bits per heavy atom. The van der Waals surface area contributed by atoms with Crippen molar-refractivity contribution >= 4 is 11.8 Å². The SMILES string of the molecule is Cc1ccc(Sc2cc(F)ccc2F)c(CNC(C)C)c1. The summed E-state index contributed by atoms with van der Waals surface area (Å²) in [4.78, 5) is 1.25. The molecule has 0 spiro atoms. The fourth-order valence-corrected chi connectivity index (χ4v) is 2.91. The van der Waals surface area contributed by atoms with Gasteiger partial charge in [0.2, 0.25) is 0 Å². The monoisotopic (exact) mass is 307 g/mol. The van der Waals surface area contributed by atoms with Gasteiger partial charge in [0, 0.05) is 17.5 Å². The van der Waals surface area contributed by atoms with Crippen LogP contribution >= 0.6 is 11.8 Å². The van der Waals surface area contributed by atoms with E-state index in [4.69, 9.17) is 0 Å². The fraction of sp³-hybridized carbons (Fsp3) is 0.294. The van der Waals surface area contributed by atoms with Crippen molar-refractivity contribution in [3.8, 4) is 0 Å². The highest BCUT2D eigenvalue weighted by atomic mass is 32.2. The van der Waals surface area contributed by atoms with Crippen molar-refractivity contribution in [1.29, 1.82) is 0 Å². The zero-order valence-electron chi connectivity index (χ0n) is 12.4. The highest BCUT2D eigenvalue weighted by molar-refractivity contribution is 7.99. The molecule has 2 aromatic carbocycles. The molecule has 0 aliphatic carbocycles. The van der Waals surface area contributed by atoms with E-state index in [9.17, 15) is 8.78 Å². The van der Waals surface area contributed by atoms with Crippen molar-refractivity contribution in [3.63, 3.8) is 0 Å². The molecular formula is C17H19F2NS. The van der Waals surface area contributed by atoms with Gasteiger partial charge in [0.1, 0.15) is 11.6 Å². The summed E-state index contributed by atoms with van der Waals surface area (Å²) in [7, 11) is 0. The molecule has 0 saturated carbocycles. The second-order valence-corrected chi connectivity index (χ2v) is 6.41. The second-order valence-electron chi connectivity index (χ2n) is 5.32. The average Bonchev–Trinajstić information content (AvgIpc) is 2.43. The van der Waals surface area contributed by atoms with Crippen LogP contribution in [0.15, 0.2) is 46.2 Å². The van der Waals surface area contributed by atoms with E-state index in [0.29, 0.717) is 17.5 Å². The Morgan fingerprint density at radius 3 is 2.52 bits per heavy atom. The molecule has 0 amide bonds. The number of halogens is 2. The summed E-state index contributed by atoms with van der Waals surface area (Å²) in [5.41, 5.74) is 2.25. The molecule has 0 saturated heterocycles. The molecule has 21 heavy (non-hydrogen) atoms. The van der Waals surface area contributed by atoms with Crippen LogP contribution in [0.5, 0.6) is 0 Å². The van der Waals surface area contributed by atoms with Gasteiger partial charge < -0.3 is 5.32 Å². The lowest BCUT2D eigenvalue weighted by molar-refractivity contribution is 0.576. The molecular weight excluding hydrogens is 288 g/mol. The standard InChI is InChI=1S/C17H19F2NS/c1-11(2)20-10-13-8-12(3)4-7-16(13)21-17-9-14(18)5-6-15(17)19/h4-9,11,20H,10H2,1-3H3. The third-order valence-corrected chi connectivity index (χ3v) is 4.18. The summed E-state index contributed by atoms with van der Waals surface area (Å²) in [6.45, 7) is 6.89. The van der Waals surface area contributed by atoms with Gasteiger partial charge in [-0.15, -0.1) is 0 Å². The summed E-state index contributed by atoms with van der Waals surface area (Å²) in [5, 5.41) is 3.36. The van der Waals surface area contributed by atoms with Crippen LogP contribution in [0.25, 0.3) is 0 Å². The van der Waals surface area contributed by atoms with Crippen LogP contribution in [0, 0.1) is 18.6 Å². The molecule has 0 aromatic heterocycles. The average molecular weight is 307 g/mol. The van der Waals surface area contributed by atoms with Gasteiger partial charge in [-0.05, 0) is 36.8 Å². The molecule has 1 nitrogen and oxygen atoms in total. The number of rotatable bonds is 5. The predicted octanol–water partition coefficient (Wildman–Crippen LogP) is 4.92. The molecule has 2 aromatic rings. The van der Waals surface area contributed by atoms with E-state index in [1.165, 1.54) is 17.8 Å². The quantitative estimate of drug-likeness (QED) is 0.841. The van der Waals surface area contributed by atoms with E-state index in [1.54, 1.807) is 0 Å². The second kappa shape index (κ2) is 7.05. The maximum Gasteiger partial charge on any atom is 0.137 e. The summed E-state index contributed by atoms with van der Waals surface area (Å²) in [6, 6.07) is 9.93. The van der Waals surface area contributed by atoms with Crippen molar-refractivity contribution in [2.45, 2.75) is 43.1 Å². The van der Waals surface area contributed by atoms with E-state index in [0.717, 1.165) is 28.2 Å². The number of nitrogens with one attached hydrogen (secondary N) is 1. The van der Waals surface area contributed by atoms with Crippen LogP contribution in [0.3, 0.4) is 0 Å². The number of aryl methyl sites for hydroxylation is 1. The molecule has 2 rings (SSSR count). The molecule has 0 heterocycles. The van der Waals surface area contributed by atoms with Gasteiger partial charge in [0.15, 0.2) is 0 Å². The van der Waals surface area contributed by atoms with E-state index in [2.05, 4.69) is 25.2 Å². The zero-order chi connectivity index (χ0) is 15.4. The molecule has 0 unspecified atom stereocenters. The predicted molar refractivity (Wildman–Crippen MR) is 83.6 cm³/mol. The van der Waals surface area contributed by atoms with Gasteiger partial charge >= 0.3 is 0 Å². The first-order chi connectivity index (χ1) is 9.95. The van der Waals surface area contributed by atoms with Crippen molar-refractivity contribution in [2.75, 3.05) is 0 Å². The maximum absolute atomic E-state index is 13.8. The lowest BCUT2D eigenvalue weighted by Gasteiger charge is -2.13. The first-order valence-electron chi connectivity index (χ1n) is 6.91. The summed E-state index contributed by atoms with van der Waals surface area (Å²) >= 11 is 1.26. The molecule has 4 heteroatoms. The Labute approximate surface area is 128 Å². The van der Waals surface area contributed by atoms with Gasteiger partial charge in [0.25, 0.3) is 0 Å². The lowest BCUT2D eigenvalue weighted by Crippen LogP contribution is -2.22. The first kappa shape index (κ1) is 16.0. The van der Waals surface area contributed by atoms with Gasteiger partial charge in [0.05, 0.1) is 4.90 Å². The molecule has 0 aliphatic rings. The van der Waals surface area contributed by atoms with Crippen LogP contribution < -0.4 is 5.32 Å². The minimum absolute atomic E-state index is 0.310. The zero-order valence-corrected chi connectivity index (χ0v) is 13.2. The molecule has 0 aliphatic heterocycles. The number of hydrogen-bond acceptors (Lipinski definition) is 2. The van der Waals surface area contributed by atoms with Crippen LogP contribution in [0.4, 0.5) is 8.78 Å². The Hall–Kier alpha value is -1.39. The van der Waals surface area contributed by atoms with Gasteiger partial charge in [-0.1, -0.05) is 43.3 Å². The Kier molecular flexibility index (Phi) is 5.37. The van der Waals surface area contributed by atoms with E-state index in [-0.39, 0.29) is 0 Å². The van der Waals surface area contributed by atoms with E-state index < -0.39 is 11.6 Å². The van der Waals surface area contributed by atoms with E-state index in [1.807, 2.05) is 19.1 Å². The third-order valence-electron chi connectivity index (χ3n) is 3.03. The van der Waals surface area contributed by atoms with Gasteiger partial charge in [-0.2, -0.15) is 0 Å². The molecule has 0 bridgehead atoms. The molecule has 0 radical (unpaired) electrons. The third kappa shape index (κ3) is 4.55. The molecule has 0 atom stereocenters. The molecule has 112 valence electrons. The largest absolute Gasteiger partial charge is 0.310 e. The van der Waals surface area contributed by atoms with Crippen molar-refractivity contribution < 1.29 is 8.78 Å². The molecule has 0 fully saturated rings. The normalized spacial score (nSPS) is 11.1. The van der Waals surface area contributed by atoms with Crippen LogP contribution in [0.1, 0.15) is 25.0 Å². The first-order valence-corrected chi connectivity index (χ1v) is 7.73. The highest BCUT2D eigenvalue weighted by Crippen LogP contribution is 2.33. The summed E-state index contributed by atoms with van der Waals surface area (Å²) in [5.74, 6) is -0.822. The van der Waals surface area contributed by atoms with Crippen LogP contribution in [-0.2, 0) is 6.54 Å². The van der Waals surface area contributed by atoms with Crippen LogP contribution in [-0.4, -0.2) is 6.04 Å². The Morgan fingerprint density at radius 2 is 1.81 bits per heavy atom. The van der Waals surface area contributed by atoms with Crippen molar-refractivity contribution in [3.05, 3.63) is 59.2 Å². The van der Waals surface area contributed by atoms with Gasteiger partial charge in [-0.25, -0.2) is 8.78 Å². The minimum Gasteiger partial charge on any atom is -0.310 e. The Bertz CT molecular complexity index is 626. The number of hydrogen-bond donors (Lipinski definition) is 1. The van der Waals surface area contributed by atoms with Crippen molar-refractivity contribution in [1.82, 2.24) is 5.32 Å². The summed E-state index contributed by atoms with van der Waals surface area (Å²) < 4.78 is 27.1. The smallest absolute Gasteiger partial charge is 0.137 e. The summed E-state index contributed by atoms with van der Waals surface area (Å²) in [6.07, 6.45) is 0. The number of benzene rings is 2. The fourth-order valence-electron chi connectivity index (χ4n) is 1.93. The lowest BCUT2D eigenvalue weighted by atomic mass is 10.1. The Balaban J connectivity index is 2.28. The maximum atomic E-state index is 13.8. The topological polar surface area (TPSA) is 12.0 Å². The highest BCUT2D eigenvalue weighted by Gasteiger charge is 2.10. The van der Waals surface area contributed by atoms with Crippen molar-refractivity contribution in [2.24, 2.45) is 0 Å².